The summed E-state index contributed by atoms with van der Waals surface area (Å²) in [4.78, 5) is 18.1. The SMILES string of the molecule is N#Cc1ccnc(OC2CN(C(=O)NC3CCCCCC3)C2)c1. The predicted molar refractivity (Wildman–Crippen MR) is 85.0 cm³/mol. The first-order chi connectivity index (χ1) is 11.2. The van der Waals surface area contributed by atoms with Crippen molar-refractivity contribution in [1.29, 1.82) is 5.26 Å². The Hall–Kier alpha value is -2.29. The van der Waals surface area contributed by atoms with Crippen LogP contribution in [-0.4, -0.2) is 41.2 Å². The molecule has 0 spiro atoms. The minimum absolute atomic E-state index is 0.00971. The van der Waals surface area contributed by atoms with E-state index >= 15 is 0 Å². The number of urea groups is 1. The molecule has 2 amide bonds. The summed E-state index contributed by atoms with van der Waals surface area (Å²) in [6.45, 7) is 1.13. The van der Waals surface area contributed by atoms with Gasteiger partial charge in [-0.05, 0) is 18.9 Å². The number of carbonyl (C=O) groups is 1. The summed E-state index contributed by atoms with van der Waals surface area (Å²) in [5.41, 5.74) is 0.525. The van der Waals surface area contributed by atoms with Crippen molar-refractivity contribution in [2.45, 2.75) is 50.7 Å². The molecule has 0 atom stereocenters. The Kier molecular flexibility index (Phi) is 4.96. The van der Waals surface area contributed by atoms with Crippen LogP contribution < -0.4 is 10.1 Å². The highest BCUT2D eigenvalue weighted by Crippen LogP contribution is 2.20. The largest absolute Gasteiger partial charge is 0.471 e. The summed E-state index contributed by atoms with van der Waals surface area (Å²) in [6.07, 6.45) is 8.66. The molecule has 6 heteroatoms. The van der Waals surface area contributed by atoms with E-state index in [1.54, 1.807) is 23.2 Å². The van der Waals surface area contributed by atoms with E-state index in [0.29, 0.717) is 30.6 Å². The summed E-state index contributed by atoms with van der Waals surface area (Å²) in [5, 5.41) is 12.0. The van der Waals surface area contributed by atoms with Crippen LogP contribution in [0.5, 0.6) is 5.88 Å². The number of hydrogen-bond acceptors (Lipinski definition) is 4. The van der Waals surface area contributed by atoms with Gasteiger partial charge in [0.1, 0.15) is 6.10 Å². The highest BCUT2D eigenvalue weighted by Gasteiger charge is 2.33. The molecule has 1 saturated carbocycles. The van der Waals surface area contributed by atoms with E-state index in [4.69, 9.17) is 10.00 Å². The molecule has 1 N–H and O–H groups in total. The van der Waals surface area contributed by atoms with Gasteiger partial charge in [0.25, 0.3) is 0 Å². The van der Waals surface area contributed by atoms with Crippen LogP contribution in [0.15, 0.2) is 18.3 Å². The summed E-state index contributed by atoms with van der Waals surface area (Å²) in [6, 6.07) is 5.65. The van der Waals surface area contributed by atoms with Crippen molar-refractivity contribution < 1.29 is 9.53 Å². The zero-order chi connectivity index (χ0) is 16.1. The van der Waals surface area contributed by atoms with Crippen molar-refractivity contribution in [2.75, 3.05) is 13.1 Å². The fourth-order valence-corrected chi connectivity index (χ4v) is 3.08. The zero-order valence-corrected chi connectivity index (χ0v) is 13.2. The van der Waals surface area contributed by atoms with Gasteiger partial charge in [-0.25, -0.2) is 9.78 Å². The number of aromatic nitrogens is 1. The van der Waals surface area contributed by atoms with Crippen LogP contribution in [-0.2, 0) is 0 Å². The second-order valence-corrected chi connectivity index (χ2v) is 6.28. The van der Waals surface area contributed by atoms with Gasteiger partial charge in [-0.2, -0.15) is 5.26 Å². The van der Waals surface area contributed by atoms with Gasteiger partial charge in [0.05, 0.1) is 24.7 Å². The van der Waals surface area contributed by atoms with Crippen LogP contribution in [0, 0.1) is 11.3 Å². The van der Waals surface area contributed by atoms with Crippen molar-refractivity contribution >= 4 is 6.03 Å². The smallest absolute Gasteiger partial charge is 0.317 e. The normalized spacial score (nSPS) is 19.3. The summed E-state index contributed by atoms with van der Waals surface area (Å²) < 4.78 is 5.70. The molecule has 1 aliphatic heterocycles. The molecule has 122 valence electrons. The van der Waals surface area contributed by atoms with Crippen molar-refractivity contribution in [3.8, 4) is 11.9 Å². The van der Waals surface area contributed by atoms with Gasteiger partial charge < -0.3 is 15.0 Å². The molecule has 0 aromatic carbocycles. The van der Waals surface area contributed by atoms with E-state index in [1.165, 1.54) is 25.7 Å². The first-order valence-corrected chi connectivity index (χ1v) is 8.33. The molecule has 23 heavy (non-hydrogen) atoms. The van der Waals surface area contributed by atoms with E-state index in [9.17, 15) is 4.79 Å². The Balaban J connectivity index is 1.43. The first-order valence-electron chi connectivity index (χ1n) is 8.33. The third-order valence-electron chi connectivity index (χ3n) is 4.47. The van der Waals surface area contributed by atoms with Crippen LogP contribution >= 0.6 is 0 Å². The zero-order valence-electron chi connectivity index (χ0n) is 13.2. The molecular formula is C17H22N4O2. The maximum atomic E-state index is 12.2. The molecule has 2 fully saturated rings. The number of ether oxygens (including phenoxy) is 1. The number of hydrogen-bond donors (Lipinski definition) is 1. The molecule has 3 rings (SSSR count). The van der Waals surface area contributed by atoms with Gasteiger partial charge in [-0.3, -0.25) is 0 Å². The Labute approximate surface area is 136 Å². The van der Waals surface area contributed by atoms with Crippen LogP contribution in [0.4, 0.5) is 4.79 Å². The minimum Gasteiger partial charge on any atom is -0.471 e. The summed E-state index contributed by atoms with van der Waals surface area (Å²) >= 11 is 0. The number of nitrogens with zero attached hydrogens (tertiary/aromatic N) is 3. The van der Waals surface area contributed by atoms with E-state index in [0.717, 1.165) is 12.8 Å². The third-order valence-corrected chi connectivity index (χ3v) is 4.47. The van der Waals surface area contributed by atoms with Gasteiger partial charge in [0.2, 0.25) is 5.88 Å². The number of nitrogens with one attached hydrogen (secondary N) is 1. The average molecular weight is 314 g/mol. The maximum Gasteiger partial charge on any atom is 0.317 e. The summed E-state index contributed by atoms with van der Waals surface area (Å²) in [7, 11) is 0. The van der Waals surface area contributed by atoms with Crippen molar-refractivity contribution in [3.63, 3.8) is 0 Å². The average Bonchev–Trinajstić information content (AvgIpc) is 2.79. The van der Waals surface area contributed by atoms with Crippen molar-refractivity contribution in [3.05, 3.63) is 23.9 Å². The maximum absolute atomic E-state index is 12.2. The van der Waals surface area contributed by atoms with Crippen molar-refractivity contribution in [1.82, 2.24) is 15.2 Å². The van der Waals surface area contributed by atoms with Gasteiger partial charge in [0, 0.05) is 18.3 Å². The van der Waals surface area contributed by atoms with Crippen LogP contribution in [0.1, 0.15) is 44.1 Å². The Morgan fingerprint density at radius 1 is 1.30 bits per heavy atom. The van der Waals surface area contributed by atoms with Gasteiger partial charge in [-0.15, -0.1) is 0 Å². The molecule has 6 nitrogen and oxygen atoms in total. The quantitative estimate of drug-likeness (QED) is 0.869. The first kappa shape index (κ1) is 15.6. The highest BCUT2D eigenvalue weighted by atomic mass is 16.5. The van der Waals surface area contributed by atoms with Crippen LogP contribution in [0.25, 0.3) is 0 Å². The lowest BCUT2D eigenvalue weighted by molar-refractivity contribution is 0.0402. The van der Waals surface area contributed by atoms with E-state index in [1.807, 2.05) is 0 Å². The van der Waals surface area contributed by atoms with E-state index in [2.05, 4.69) is 16.4 Å². The Morgan fingerprint density at radius 3 is 2.74 bits per heavy atom. The number of rotatable bonds is 3. The molecule has 2 aliphatic rings. The lowest BCUT2D eigenvalue weighted by Gasteiger charge is -2.39. The highest BCUT2D eigenvalue weighted by molar-refractivity contribution is 5.75. The van der Waals surface area contributed by atoms with E-state index in [-0.39, 0.29) is 12.1 Å². The molecule has 0 radical (unpaired) electrons. The lowest BCUT2D eigenvalue weighted by Crippen LogP contribution is -2.60. The molecule has 1 aromatic rings. The van der Waals surface area contributed by atoms with Gasteiger partial charge in [-0.1, -0.05) is 25.7 Å². The van der Waals surface area contributed by atoms with Crippen LogP contribution in [0.2, 0.25) is 0 Å². The van der Waals surface area contributed by atoms with E-state index < -0.39 is 0 Å². The second-order valence-electron chi connectivity index (χ2n) is 6.28. The Bertz CT molecular complexity index is 585. The number of likely N-dealkylation sites (tertiary alicyclic amines) is 1. The number of amides is 2. The monoisotopic (exact) mass is 314 g/mol. The van der Waals surface area contributed by atoms with Gasteiger partial charge >= 0.3 is 6.03 Å². The molecular weight excluding hydrogens is 292 g/mol. The third kappa shape index (κ3) is 4.13. The topological polar surface area (TPSA) is 78.2 Å². The summed E-state index contributed by atoms with van der Waals surface area (Å²) in [5.74, 6) is 0.442. The molecule has 1 saturated heterocycles. The molecule has 1 aliphatic carbocycles. The van der Waals surface area contributed by atoms with Gasteiger partial charge in [0.15, 0.2) is 0 Å². The second kappa shape index (κ2) is 7.32. The number of pyridine rings is 1. The predicted octanol–water partition coefficient (Wildman–Crippen LogP) is 2.45. The number of nitriles is 1. The number of carbonyl (C=O) groups excluding carboxylic acids is 1. The van der Waals surface area contributed by atoms with Crippen LogP contribution in [0.3, 0.4) is 0 Å². The minimum atomic E-state index is -0.0451. The standard InChI is InChI=1S/C17H22N4O2/c18-10-13-7-8-19-16(9-13)23-15-11-21(12-15)17(22)20-14-5-3-1-2-4-6-14/h7-9,14-15H,1-6,11-12H2,(H,20,22). The fraction of sp³-hybridized carbons (Fsp3) is 0.588. The molecule has 2 heterocycles. The lowest BCUT2D eigenvalue weighted by atomic mass is 10.1. The molecule has 0 bridgehead atoms. The molecule has 0 unspecified atom stereocenters. The molecule has 1 aromatic heterocycles. The fourth-order valence-electron chi connectivity index (χ4n) is 3.08. The van der Waals surface area contributed by atoms with Crippen molar-refractivity contribution in [2.24, 2.45) is 0 Å². The Morgan fingerprint density at radius 2 is 2.04 bits per heavy atom.